The summed E-state index contributed by atoms with van der Waals surface area (Å²) in [5.41, 5.74) is 0.428. The second-order valence-corrected chi connectivity index (χ2v) is 6.97. The van der Waals surface area contributed by atoms with Crippen LogP contribution in [0.15, 0.2) is 0 Å². The molecule has 11 heavy (non-hydrogen) atoms. The highest BCUT2D eigenvalue weighted by atomic mass is 28.3. The Morgan fingerprint density at radius 2 is 1.91 bits per heavy atom. The van der Waals surface area contributed by atoms with Crippen LogP contribution < -0.4 is 0 Å². The van der Waals surface area contributed by atoms with Gasteiger partial charge in [-0.25, -0.2) is 0 Å². The fourth-order valence-electron chi connectivity index (χ4n) is 1.33. The van der Waals surface area contributed by atoms with E-state index < -0.39 is 8.80 Å². The molecule has 2 nitrogen and oxygen atoms in total. The lowest BCUT2D eigenvalue weighted by Gasteiger charge is -2.19. The van der Waals surface area contributed by atoms with Crippen molar-refractivity contribution in [2.24, 2.45) is 0 Å². The largest absolute Gasteiger partial charge is 0.394 e. The van der Waals surface area contributed by atoms with Crippen molar-refractivity contribution >= 4 is 8.80 Å². The van der Waals surface area contributed by atoms with Crippen molar-refractivity contribution in [3.63, 3.8) is 0 Å². The van der Waals surface area contributed by atoms with Crippen LogP contribution >= 0.6 is 0 Å². The Balaban J connectivity index is 3.51. The van der Waals surface area contributed by atoms with E-state index in [1.165, 1.54) is 12.1 Å². The number of ether oxygens (including phenoxy) is 1. The Bertz CT molecular complexity index is 84.2. The lowest BCUT2D eigenvalue weighted by atomic mass is 10.7. The van der Waals surface area contributed by atoms with Crippen molar-refractivity contribution in [2.45, 2.75) is 38.6 Å². The molecule has 1 N–H and O–H groups in total. The zero-order valence-electron chi connectivity index (χ0n) is 7.84. The molecule has 0 aromatic heterocycles. The van der Waals surface area contributed by atoms with Gasteiger partial charge in [0.15, 0.2) is 0 Å². The summed E-state index contributed by atoms with van der Waals surface area (Å²) in [4.78, 5) is 0. The summed E-state index contributed by atoms with van der Waals surface area (Å²) in [7, 11) is -0.651. The second kappa shape index (κ2) is 6.82. The number of aliphatic hydroxyl groups excluding tert-OH is 1. The van der Waals surface area contributed by atoms with E-state index in [0.717, 1.165) is 0 Å². The normalized spacial score (nSPS) is 13.9. The zero-order valence-corrected chi connectivity index (χ0v) is 8.99. The summed E-state index contributed by atoms with van der Waals surface area (Å²) in [6.45, 7) is 7.27. The summed E-state index contributed by atoms with van der Waals surface area (Å²) in [5, 5.41) is 8.53. The van der Waals surface area contributed by atoms with Crippen LogP contribution in [0.2, 0.25) is 12.1 Å². The number of rotatable bonds is 6. The molecule has 0 aromatic carbocycles. The maximum atomic E-state index is 8.53. The van der Waals surface area contributed by atoms with Gasteiger partial charge in [-0.05, 0) is 6.92 Å². The molecule has 0 amide bonds. The molecule has 0 spiro atoms. The fraction of sp³-hybridized carbons (Fsp3) is 1.00. The first kappa shape index (κ1) is 11.1. The van der Waals surface area contributed by atoms with Crippen LogP contribution in [0.25, 0.3) is 0 Å². The summed E-state index contributed by atoms with van der Waals surface area (Å²) in [6.07, 6.45) is 0. The lowest BCUT2D eigenvalue weighted by molar-refractivity contribution is 0.0762. The molecule has 0 aromatic rings. The van der Waals surface area contributed by atoms with Gasteiger partial charge in [0.2, 0.25) is 0 Å². The van der Waals surface area contributed by atoms with Crippen molar-refractivity contribution < 1.29 is 9.84 Å². The van der Waals surface area contributed by atoms with Gasteiger partial charge < -0.3 is 9.84 Å². The number of hydrogen-bond acceptors (Lipinski definition) is 2. The molecule has 0 rings (SSSR count). The molecule has 1 unspecified atom stereocenters. The van der Waals surface area contributed by atoms with Gasteiger partial charge in [-0.2, -0.15) is 0 Å². The van der Waals surface area contributed by atoms with Crippen molar-refractivity contribution in [3.8, 4) is 0 Å². The molecule has 0 heterocycles. The van der Waals surface area contributed by atoms with E-state index in [2.05, 4.69) is 20.8 Å². The molecule has 0 aliphatic heterocycles. The van der Waals surface area contributed by atoms with E-state index in [4.69, 9.17) is 9.84 Å². The maximum Gasteiger partial charge on any atom is 0.0708 e. The quantitative estimate of drug-likeness (QED) is 0.616. The van der Waals surface area contributed by atoms with Crippen LogP contribution in [-0.4, -0.2) is 32.8 Å². The number of hydrogen-bond donors (Lipinski definition) is 1. The van der Waals surface area contributed by atoms with E-state index >= 15 is 0 Å². The Morgan fingerprint density at radius 3 is 2.27 bits per heavy atom. The summed E-state index contributed by atoms with van der Waals surface area (Å²) < 4.78 is 5.45. The first-order chi connectivity index (χ1) is 5.26. The van der Waals surface area contributed by atoms with E-state index in [-0.39, 0.29) is 6.61 Å². The van der Waals surface area contributed by atoms with E-state index in [0.29, 0.717) is 12.3 Å². The Labute approximate surface area is 71.2 Å². The molecule has 0 radical (unpaired) electrons. The van der Waals surface area contributed by atoms with E-state index in [1.807, 2.05) is 0 Å². The van der Waals surface area contributed by atoms with Gasteiger partial charge in [0.25, 0.3) is 0 Å². The first-order valence-electron chi connectivity index (χ1n) is 4.48. The predicted octanol–water partition coefficient (Wildman–Crippen LogP) is 1.19. The van der Waals surface area contributed by atoms with Crippen molar-refractivity contribution in [2.75, 3.05) is 13.2 Å². The van der Waals surface area contributed by atoms with Gasteiger partial charge in [-0.3, -0.25) is 0 Å². The highest BCUT2D eigenvalue weighted by molar-refractivity contribution is 6.59. The molecular weight excluding hydrogens is 156 g/mol. The summed E-state index contributed by atoms with van der Waals surface area (Å²) >= 11 is 0. The van der Waals surface area contributed by atoms with Gasteiger partial charge >= 0.3 is 0 Å². The maximum absolute atomic E-state index is 8.53. The van der Waals surface area contributed by atoms with Crippen LogP contribution in [-0.2, 0) is 4.74 Å². The second-order valence-electron chi connectivity index (χ2n) is 2.88. The van der Waals surface area contributed by atoms with Gasteiger partial charge in [-0.1, -0.05) is 25.9 Å². The zero-order chi connectivity index (χ0) is 8.69. The van der Waals surface area contributed by atoms with Gasteiger partial charge in [0, 0.05) is 5.73 Å². The molecule has 0 bridgehead atoms. The minimum Gasteiger partial charge on any atom is -0.394 e. The van der Waals surface area contributed by atoms with Crippen LogP contribution in [0.1, 0.15) is 20.8 Å². The van der Waals surface area contributed by atoms with Gasteiger partial charge in [0.1, 0.15) is 0 Å². The van der Waals surface area contributed by atoms with Crippen LogP contribution in [0, 0.1) is 0 Å². The van der Waals surface area contributed by atoms with Gasteiger partial charge in [-0.15, -0.1) is 0 Å². The highest BCUT2D eigenvalue weighted by Gasteiger charge is 2.14. The molecule has 0 aliphatic rings. The number of aliphatic hydroxyl groups is 1. The Hall–Kier alpha value is 0.137. The average Bonchev–Trinajstić information content (AvgIpc) is 2.03. The molecule has 0 saturated heterocycles. The Morgan fingerprint density at radius 1 is 1.36 bits per heavy atom. The molecular formula is C8H20O2Si. The van der Waals surface area contributed by atoms with E-state index in [9.17, 15) is 0 Å². The highest BCUT2D eigenvalue weighted by Crippen LogP contribution is 2.06. The standard InChI is InChI=1S/C8H20O2Si/c1-4-11(5-2)8(3)10-7-6-9/h8-9,11H,4-7H2,1-3H3. The minimum atomic E-state index is -0.651. The lowest BCUT2D eigenvalue weighted by Crippen LogP contribution is -2.30. The van der Waals surface area contributed by atoms with Crippen LogP contribution in [0.5, 0.6) is 0 Å². The fourth-order valence-corrected chi connectivity index (χ4v) is 3.64. The molecule has 3 heteroatoms. The topological polar surface area (TPSA) is 29.5 Å². The third-order valence-electron chi connectivity index (χ3n) is 2.18. The first-order valence-corrected chi connectivity index (χ1v) is 6.78. The van der Waals surface area contributed by atoms with E-state index in [1.54, 1.807) is 0 Å². The Kier molecular flexibility index (Phi) is 6.91. The molecule has 1 atom stereocenters. The van der Waals surface area contributed by atoms with Crippen LogP contribution in [0.3, 0.4) is 0 Å². The molecule has 0 saturated carbocycles. The SMILES string of the molecule is CC[SiH](CC)C(C)OCCO. The third kappa shape index (κ3) is 4.56. The molecule has 0 aliphatic carbocycles. The van der Waals surface area contributed by atoms with Gasteiger partial charge in [0.05, 0.1) is 22.0 Å². The van der Waals surface area contributed by atoms with Crippen molar-refractivity contribution in [3.05, 3.63) is 0 Å². The minimum absolute atomic E-state index is 0.152. The average molecular weight is 176 g/mol. The smallest absolute Gasteiger partial charge is 0.0708 e. The predicted molar refractivity (Wildman–Crippen MR) is 50.6 cm³/mol. The van der Waals surface area contributed by atoms with Crippen molar-refractivity contribution in [1.82, 2.24) is 0 Å². The summed E-state index contributed by atoms with van der Waals surface area (Å²) in [5.74, 6) is 0. The summed E-state index contributed by atoms with van der Waals surface area (Å²) in [6, 6.07) is 2.59. The van der Waals surface area contributed by atoms with Crippen molar-refractivity contribution in [1.29, 1.82) is 0 Å². The van der Waals surface area contributed by atoms with Crippen LogP contribution in [0.4, 0.5) is 0 Å². The third-order valence-corrected chi connectivity index (χ3v) is 5.80. The molecule has 68 valence electrons. The monoisotopic (exact) mass is 176 g/mol. The molecule has 0 fully saturated rings.